The maximum absolute atomic E-state index is 11.6. The van der Waals surface area contributed by atoms with Crippen molar-refractivity contribution < 1.29 is 9.53 Å². The van der Waals surface area contributed by atoms with Gasteiger partial charge >= 0.3 is 0 Å². The normalized spacial score (nSPS) is 11.9. The average molecular weight is 402 g/mol. The van der Waals surface area contributed by atoms with Gasteiger partial charge in [0.15, 0.2) is 0 Å². The summed E-state index contributed by atoms with van der Waals surface area (Å²) in [4.78, 5) is 17.7. The third kappa shape index (κ3) is 3.71. The van der Waals surface area contributed by atoms with Crippen LogP contribution in [0.4, 0.5) is 0 Å². The molecule has 0 saturated carbocycles. The summed E-state index contributed by atoms with van der Waals surface area (Å²) in [6.07, 6.45) is 3.47. The zero-order valence-electron chi connectivity index (χ0n) is 15.7. The Morgan fingerprint density at radius 2 is 2.10 bits per heavy atom. The van der Waals surface area contributed by atoms with Gasteiger partial charge in [0.1, 0.15) is 17.5 Å². The topological polar surface area (TPSA) is 93.4 Å². The number of nitrogens with two attached hydrogens (primary N) is 1. The first kappa shape index (κ1) is 18.7. The minimum Gasteiger partial charge on any atom is -0.485 e. The lowest BCUT2D eigenvalue weighted by Crippen LogP contribution is -2.14. The van der Waals surface area contributed by atoms with Crippen LogP contribution in [-0.2, 0) is 11.2 Å². The Kier molecular flexibility index (Phi) is 5.02. The Labute approximate surface area is 171 Å². The van der Waals surface area contributed by atoms with E-state index >= 15 is 0 Å². The highest BCUT2D eigenvalue weighted by Gasteiger charge is 2.19. The molecule has 0 aliphatic carbocycles. The smallest absolute Gasteiger partial charge is 0.222 e. The van der Waals surface area contributed by atoms with Crippen LogP contribution in [0.25, 0.3) is 16.2 Å². The number of fused-ring (bicyclic) bond motifs is 1. The number of aromatic nitrogens is 2. The zero-order valence-corrected chi connectivity index (χ0v) is 16.5. The lowest BCUT2D eigenvalue weighted by molar-refractivity contribution is -0.117. The van der Waals surface area contributed by atoms with E-state index in [0.717, 1.165) is 26.7 Å². The fraction of sp³-hybridized carbons (Fsp3) is 0.136. The number of primary amides is 1. The van der Waals surface area contributed by atoms with Crippen molar-refractivity contribution in [3.05, 3.63) is 76.9 Å². The molecule has 0 bridgehead atoms. The van der Waals surface area contributed by atoms with Crippen LogP contribution in [0.2, 0.25) is 0 Å². The molecule has 1 aromatic carbocycles. The number of ether oxygens (including phenoxy) is 1. The first-order valence-electron chi connectivity index (χ1n) is 9.06. The van der Waals surface area contributed by atoms with Crippen molar-refractivity contribution in [2.24, 2.45) is 5.73 Å². The first-order valence-corrected chi connectivity index (χ1v) is 9.87. The van der Waals surface area contributed by atoms with Crippen molar-refractivity contribution in [2.45, 2.75) is 19.4 Å². The molecule has 0 aliphatic rings. The molecule has 0 saturated heterocycles. The molecule has 0 spiro atoms. The minimum atomic E-state index is -0.425. The number of amides is 1. The van der Waals surface area contributed by atoms with Crippen LogP contribution in [0, 0.1) is 11.3 Å². The van der Waals surface area contributed by atoms with Gasteiger partial charge in [-0.25, -0.2) is 4.98 Å². The van der Waals surface area contributed by atoms with Gasteiger partial charge < -0.3 is 10.5 Å². The maximum Gasteiger partial charge on any atom is 0.222 e. The largest absolute Gasteiger partial charge is 0.485 e. The number of carbonyl (C=O) groups excluding carboxylic acids is 1. The van der Waals surface area contributed by atoms with E-state index in [9.17, 15) is 10.1 Å². The fourth-order valence-corrected chi connectivity index (χ4v) is 4.35. The van der Waals surface area contributed by atoms with Crippen LogP contribution in [0.3, 0.4) is 0 Å². The minimum absolute atomic E-state index is 0.0867. The summed E-state index contributed by atoms with van der Waals surface area (Å²) >= 11 is 1.46. The standard InChI is InChI=1S/C22H18N4O2S/c1-14(16-7-3-2-6-15(16)12-23)28-18-10-19(29-20(18)11-21(24)27)17-13-25-22-8-4-5-9-26(17)22/h2-10,13-14H,11H2,1H3,(H2,24,27)/t14-/m0/s1. The summed E-state index contributed by atoms with van der Waals surface area (Å²) in [7, 11) is 0. The lowest BCUT2D eigenvalue weighted by Gasteiger charge is -2.16. The Balaban J connectivity index is 1.73. The van der Waals surface area contributed by atoms with Gasteiger partial charge in [-0.15, -0.1) is 11.3 Å². The van der Waals surface area contributed by atoms with Crippen molar-refractivity contribution in [1.82, 2.24) is 9.38 Å². The van der Waals surface area contributed by atoms with Crippen LogP contribution in [0.1, 0.15) is 29.0 Å². The highest BCUT2D eigenvalue weighted by atomic mass is 32.1. The molecule has 144 valence electrons. The number of imidazole rings is 1. The van der Waals surface area contributed by atoms with Gasteiger partial charge in [-0.3, -0.25) is 9.20 Å². The molecule has 3 aromatic heterocycles. The van der Waals surface area contributed by atoms with Crippen molar-refractivity contribution in [1.29, 1.82) is 5.26 Å². The number of hydrogen-bond acceptors (Lipinski definition) is 5. The predicted octanol–water partition coefficient (Wildman–Crippen LogP) is 4.10. The predicted molar refractivity (Wildman–Crippen MR) is 112 cm³/mol. The van der Waals surface area contributed by atoms with Crippen LogP contribution >= 0.6 is 11.3 Å². The molecule has 3 heterocycles. The number of hydrogen-bond donors (Lipinski definition) is 1. The number of carbonyl (C=O) groups is 1. The van der Waals surface area contributed by atoms with Crippen molar-refractivity contribution in [3.8, 4) is 22.4 Å². The van der Waals surface area contributed by atoms with Crippen LogP contribution in [0.15, 0.2) is 60.9 Å². The molecule has 0 aliphatic heterocycles. The highest BCUT2D eigenvalue weighted by molar-refractivity contribution is 7.15. The molecule has 4 aromatic rings. The molecule has 29 heavy (non-hydrogen) atoms. The highest BCUT2D eigenvalue weighted by Crippen LogP contribution is 2.39. The second-order valence-corrected chi connectivity index (χ2v) is 7.71. The average Bonchev–Trinajstić information content (AvgIpc) is 3.31. The molecular formula is C22H18N4O2S. The number of rotatable bonds is 6. The Hall–Kier alpha value is -3.63. The van der Waals surface area contributed by atoms with Crippen LogP contribution < -0.4 is 10.5 Å². The molecule has 0 unspecified atom stereocenters. The van der Waals surface area contributed by atoms with Gasteiger partial charge in [0.25, 0.3) is 0 Å². The van der Waals surface area contributed by atoms with E-state index in [1.807, 2.05) is 60.0 Å². The van der Waals surface area contributed by atoms with E-state index in [1.165, 1.54) is 11.3 Å². The van der Waals surface area contributed by atoms with Crippen LogP contribution in [0.5, 0.6) is 5.75 Å². The number of nitriles is 1. The van der Waals surface area contributed by atoms with E-state index in [1.54, 1.807) is 12.3 Å². The Bertz CT molecular complexity index is 1240. The molecule has 4 rings (SSSR count). The van der Waals surface area contributed by atoms with E-state index in [4.69, 9.17) is 10.5 Å². The molecule has 1 amide bonds. The van der Waals surface area contributed by atoms with Gasteiger partial charge in [-0.2, -0.15) is 5.26 Å². The number of benzene rings is 1. The van der Waals surface area contributed by atoms with Gasteiger partial charge in [0.05, 0.1) is 39.7 Å². The number of nitrogens with zero attached hydrogens (tertiary/aromatic N) is 3. The van der Waals surface area contributed by atoms with Gasteiger partial charge in [-0.1, -0.05) is 24.3 Å². The molecule has 0 fully saturated rings. The maximum atomic E-state index is 11.6. The fourth-order valence-electron chi connectivity index (χ4n) is 3.24. The third-order valence-electron chi connectivity index (χ3n) is 4.60. The first-order chi connectivity index (χ1) is 14.1. The van der Waals surface area contributed by atoms with Crippen LogP contribution in [-0.4, -0.2) is 15.3 Å². The molecular weight excluding hydrogens is 384 g/mol. The third-order valence-corrected chi connectivity index (χ3v) is 5.74. The van der Waals surface area contributed by atoms with E-state index < -0.39 is 5.91 Å². The van der Waals surface area contributed by atoms with Crippen molar-refractivity contribution in [2.75, 3.05) is 0 Å². The zero-order chi connectivity index (χ0) is 20.4. The summed E-state index contributed by atoms with van der Waals surface area (Å²) in [6.45, 7) is 1.88. The monoisotopic (exact) mass is 402 g/mol. The Morgan fingerprint density at radius 1 is 1.31 bits per heavy atom. The number of pyridine rings is 1. The lowest BCUT2D eigenvalue weighted by atomic mass is 10.0. The van der Waals surface area contributed by atoms with Gasteiger partial charge in [-0.05, 0) is 25.1 Å². The molecule has 7 heteroatoms. The summed E-state index contributed by atoms with van der Waals surface area (Å²) in [5, 5.41) is 9.36. The van der Waals surface area contributed by atoms with Crippen molar-refractivity contribution in [3.63, 3.8) is 0 Å². The van der Waals surface area contributed by atoms with Gasteiger partial charge in [0.2, 0.25) is 5.91 Å². The number of thiophene rings is 1. The molecule has 1 atom stereocenters. The second kappa shape index (κ2) is 7.78. The van der Waals surface area contributed by atoms with E-state index in [0.29, 0.717) is 11.3 Å². The molecule has 0 radical (unpaired) electrons. The quantitative estimate of drug-likeness (QED) is 0.525. The molecule has 2 N–H and O–H groups in total. The van der Waals surface area contributed by atoms with Gasteiger partial charge in [0, 0.05) is 17.8 Å². The summed E-state index contributed by atoms with van der Waals surface area (Å²) in [6, 6.07) is 17.2. The second-order valence-electron chi connectivity index (χ2n) is 6.57. The SMILES string of the molecule is C[C@H](Oc1cc(-c2cnc3ccccn23)sc1CC(N)=O)c1ccccc1C#N. The Morgan fingerprint density at radius 3 is 2.90 bits per heavy atom. The molecule has 6 nitrogen and oxygen atoms in total. The van der Waals surface area contributed by atoms with Crippen molar-refractivity contribution >= 4 is 22.9 Å². The van der Waals surface area contributed by atoms with E-state index in [2.05, 4.69) is 11.1 Å². The summed E-state index contributed by atoms with van der Waals surface area (Å²) < 4.78 is 8.17. The van der Waals surface area contributed by atoms with E-state index in [-0.39, 0.29) is 12.5 Å². The summed E-state index contributed by atoms with van der Waals surface area (Å²) in [5.41, 5.74) is 8.56. The summed E-state index contributed by atoms with van der Waals surface area (Å²) in [5.74, 6) is 0.168.